The van der Waals surface area contributed by atoms with Crippen molar-refractivity contribution in [1.82, 2.24) is 0 Å². The first-order valence-electron chi connectivity index (χ1n) is 11.0. The highest BCUT2D eigenvalue weighted by Gasteiger charge is 2.25. The maximum Gasteiger partial charge on any atom is 0.265 e. The Morgan fingerprint density at radius 2 is 1.86 bits per heavy atom. The lowest BCUT2D eigenvalue weighted by Gasteiger charge is -2.30. The maximum atomic E-state index is 12.5. The van der Waals surface area contributed by atoms with Gasteiger partial charge in [0.2, 0.25) is 0 Å². The number of hydrogen-bond acceptors (Lipinski definition) is 5. The van der Waals surface area contributed by atoms with Crippen LogP contribution in [0.15, 0.2) is 60.7 Å². The Morgan fingerprint density at radius 3 is 2.63 bits per heavy atom. The van der Waals surface area contributed by atoms with Crippen LogP contribution in [-0.4, -0.2) is 38.2 Å². The Morgan fingerprint density at radius 1 is 1.06 bits per heavy atom. The Labute approximate surface area is 213 Å². The van der Waals surface area contributed by atoms with Crippen molar-refractivity contribution in [3.05, 3.63) is 76.3 Å². The molecule has 1 aliphatic heterocycles. The minimum Gasteiger partial charge on any atom is -0.494 e. The summed E-state index contributed by atoms with van der Waals surface area (Å²) in [4.78, 5) is 26.6. The second-order valence-corrected chi connectivity index (χ2v) is 8.79. The number of nitrogens with one attached hydrogen (secondary N) is 1. The van der Waals surface area contributed by atoms with E-state index >= 15 is 0 Å². The average Bonchev–Trinajstić information content (AvgIpc) is 2.83. The van der Waals surface area contributed by atoms with Crippen molar-refractivity contribution in [2.45, 2.75) is 13.3 Å². The first kappa shape index (κ1) is 24.7. The highest BCUT2D eigenvalue weighted by atomic mass is 35.5. The van der Waals surface area contributed by atoms with E-state index in [9.17, 15) is 9.59 Å². The zero-order valence-corrected chi connectivity index (χ0v) is 20.6. The molecule has 2 amide bonds. The number of benzene rings is 3. The van der Waals surface area contributed by atoms with Gasteiger partial charge in [-0.15, -0.1) is 0 Å². The summed E-state index contributed by atoms with van der Waals surface area (Å²) in [7, 11) is 0. The largest absolute Gasteiger partial charge is 0.494 e. The lowest BCUT2D eigenvalue weighted by Crippen LogP contribution is -2.39. The van der Waals surface area contributed by atoms with E-state index in [1.165, 1.54) is 6.07 Å². The lowest BCUT2D eigenvalue weighted by atomic mass is 10.2. The first-order chi connectivity index (χ1) is 16.9. The van der Waals surface area contributed by atoms with Crippen molar-refractivity contribution in [1.29, 1.82) is 0 Å². The molecule has 4 rings (SSSR count). The Hall–Kier alpha value is -3.42. The van der Waals surface area contributed by atoms with Gasteiger partial charge in [0.1, 0.15) is 17.2 Å². The Bertz CT molecular complexity index is 1220. The molecule has 35 heavy (non-hydrogen) atoms. The molecule has 1 N–H and O–H groups in total. The molecular formula is C26H24Cl2N2O5. The van der Waals surface area contributed by atoms with Gasteiger partial charge >= 0.3 is 0 Å². The summed E-state index contributed by atoms with van der Waals surface area (Å²) >= 11 is 11.9. The number of halogens is 2. The summed E-state index contributed by atoms with van der Waals surface area (Å²) in [6, 6.07) is 17.7. The predicted molar refractivity (Wildman–Crippen MR) is 136 cm³/mol. The summed E-state index contributed by atoms with van der Waals surface area (Å²) in [5, 5.41) is 3.56. The molecule has 0 saturated heterocycles. The average molecular weight is 515 g/mol. The SMILES string of the molecule is Cc1ccc(OCCCN2C(=O)COc3ccc(NC(=O)COc4ccc(Cl)cc4Cl)cc32)cc1. The summed E-state index contributed by atoms with van der Waals surface area (Å²) in [6.45, 7) is 2.66. The summed E-state index contributed by atoms with van der Waals surface area (Å²) < 4.78 is 16.8. The van der Waals surface area contributed by atoms with Crippen molar-refractivity contribution >= 4 is 46.4 Å². The Kier molecular flexibility index (Phi) is 8.00. The van der Waals surface area contributed by atoms with E-state index in [2.05, 4.69) is 5.32 Å². The van der Waals surface area contributed by atoms with E-state index in [1.807, 2.05) is 31.2 Å². The molecule has 0 spiro atoms. The number of aryl methyl sites for hydroxylation is 1. The van der Waals surface area contributed by atoms with Gasteiger partial charge < -0.3 is 24.4 Å². The van der Waals surface area contributed by atoms with Gasteiger partial charge in [-0.1, -0.05) is 40.9 Å². The van der Waals surface area contributed by atoms with Gasteiger partial charge in [-0.3, -0.25) is 9.59 Å². The molecule has 1 heterocycles. The van der Waals surface area contributed by atoms with Crippen LogP contribution in [0.1, 0.15) is 12.0 Å². The van der Waals surface area contributed by atoms with E-state index in [4.69, 9.17) is 37.4 Å². The molecule has 3 aromatic carbocycles. The molecular weight excluding hydrogens is 491 g/mol. The summed E-state index contributed by atoms with van der Waals surface area (Å²) in [5.41, 5.74) is 2.27. The third kappa shape index (κ3) is 6.59. The van der Waals surface area contributed by atoms with E-state index in [0.717, 1.165) is 11.3 Å². The number of carbonyl (C=O) groups excluding carboxylic acids is 2. The number of anilines is 2. The van der Waals surface area contributed by atoms with E-state index in [0.29, 0.717) is 52.5 Å². The number of rotatable bonds is 9. The highest BCUT2D eigenvalue weighted by molar-refractivity contribution is 6.35. The molecule has 1 aliphatic rings. The third-order valence-corrected chi connectivity index (χ3v) is 5.78. The minimum atomic E-state index is -0.378. The number of hydrogen-bond donors (Lipinski definition) is 1. The monoisotopic (exact) mass is 514 g/mol. The van der Waals surface area contributed by atoms with Crippen LogP contribution in [0.5, 0.6) is 17.2 Å². The van der Waals surface area contributed by atoms with Crippen LogP contribution in [0.2, 0.25) is 10.0 Å². The molecule has 0 aromatic heterocycles. The van der Waals surface area contributed by atoms with Crippen LogP contribution < -0.4 is 24.4 Å². The van der Waals surface area contributed by atoms with Crippen molar-refractivity contribution in [2.24, 2.45) is 0 Å². The fraction of sp³-hybridized carbons (Fsp3) is 0.231. The molecule has 7 nitrogen and oxygen atoms in total. The van der Waals surface area contributed by atoms with E-state index in [-0.39, 0.29) is 25.0 Å². The van der Waals surface area contributed by atoms with Crippen molar-refractivity contribution in [3.63, 3.8) is 0 Å². The second-order valence-electron chi connectivity index (χ2n) is 7.94. The molecule has 0 atom stereocenters. The molecule has 3 aromatic rings. The predicted octanol–water partition coefficient (Wildman–Crippen LogP) is 5.51. The van der Waals surface area contributed by atoms with Crippen LogP contribution in [0.3, 0.4) is 0 Å². The van der Waals surface area contributed by atoms with Gasteiger partial charge in [0, 0.05) is 17.3 Å². The molecule has 0 aliphatic carbocycles. The van der Waals surface area contributed by atoms with Crippen LogP contribution in [0.25, 0.3) is 0 Å². The molecule has 0 radical (unpaired) electrons. The van der Waals surface area contributed by atoms with Gasteiger partial charge in [0.15, 0.2) is 13.2 Å². The summed E-state index contributed by atoms with van der Waals surface area (Å²) in [6.07, 6.45) is 0.630. The molecule has 9 heteroatoms. The standard InChI is InChI=1S/C26H24Cl2N2O5/c1-17-3-7-20(8-4-17)33-12-2-11-30-22-14-19(6-10-24(22)35-16-26(30)32)29-25(31)15-34-23-9-5-18(27)13-21(23)28/h3-10,13-14H,2,11-12,15-16H2,1H3,(H,29,31). The molecule has 182 valence electrons. The number of amides is 2. The van der Waals surface area contributed by atoms with Crippen LogP contribution >= 0.6 is 23.2 Å². The lowest BCUT2D eigenvalue weighted by molar-refractivity contribution is -0.121. The van der Waals surface area contributed by atoms with Crippen molar-refractivity contribution in [2.75, 3.05) is 36.6 Å². The van der Waals surface area contributed by atoms with Crippen molar-refractivity contribution < 1.29 is 23.8 Å². The topological polar surface area (TPSA) is 77.1 Å². The highest BCUT2D eigenvalue weighted by Crippen LogP contribution is 2.35. The van der Waals surface area contributed by atoms with Crippen molar-refractivity contribution in [3.8, 4) is 17.2 Å². The second kappa shape index (κ2) is 11.3. The fourth-order valence-corrected chi connectivity index (χ4v) is 3.97. The molecule has 0 unspecified atom stereocenters. The van der Waals surface area contributed by atoms with Gasteiger partial charge in [-0.2, -0.15) is 0 Å². The molecule has 0 saturated carbocycles. The smallest absolute Gasteiger partial charge is 0.265 e. The molecule has 0 bridgehead atoms. The van der Waals surface area contributed by atoms with Gasteiger partial charge in [-0.05, 0) is 61.9 Å². The fourth-order valence-electron chi connectivity index (χ4n) is 3.50. The van der Waals surface area contributed by atoms with E-state index in [1.54, 1.807) is 35.2 Å². The van der Waals surface area contributed by atoms with Crippen LogP contribution in [0.4, 0.5) is 11.4 Å². The Balaban J connectivity index is 1.34. The van der Waals surface area contributed by atoms with E-state index < -0.39 is 0 Å². The van der Waals surface area contributed by atoms with Gasteiger partial charge in [0.05, 0.1) is 17.3 Å². The van der Waals surface area contributed by atoms with Gasteiger partial charge in [-0.25, -0.2) is 0 Å². The molecule has 0 fully saturated rings. The van der Waals surface area contributed by atoms with Gasteiger partial charge in [0.25, 0.3) is 11.8 Å². The number of ether oxygens (including phenoxy) is 3. The quantitative estimate of drug-likeness (QED) is 0.380. The third-order valence-electron chi connectivity index (χ3n) is 5.25. The van der Waals surface area contributed by atoms with Crippen LogP contribution in [-0.2, 0) is 9.59 Å². The zero-order valence-electron chi connectivity index (χ0n) is 19.1. The summed E-state index contributed by atoms with van der Waals surface area (Å²) in [5.74, 6) is 1.19. The van der Waals surface area contributed by atoms with Crippen LogP contribution in [0, 0.1) is 6.92 Å². The number of carbonyl (C=O) groups is 2. The number of fused-ring (bicyclic) bond motifs is 1. The minimum absolute atomic E-state index is 0.0345. The first-order valence-corrected chi connectivity index (χ1v) is 11.8. The zero-order chi connectivity index (χ0) is 24.8. The number of nitrogens with zero attached hydrogens (tertiary/aromatic N) is 1. The normalized spacial score (nSPS) is 12.5. The maximum absolute atomic E-state index is 12.5.